The molecule has 3 aromatic rings. The number of anilines is 1. The van der Waals surface area contributed by atoms with Crippen LogP contribution in [0.3, 0.4) is 0 Å². The van der Waals surface area contributed by atoms with Crippen LogP contribution in [0.2, 0.25) is 0 Å². The first-order chi connectivity index (χ1) is 8.83. The van der Waals surface area contributed by atoms with Gasteiger partial charge in [0.25, 0.3) is 0 Å². The van der Waals surface area contributed by atoms with Gasteiger partial charge in [-0.1, -0.05) is 0 Å². The summed E-state index contributed by atoms with van der Waals surface area (Å²) < 4.78 is 3.91. The van der Waals surface area contributed by atoms with Gasteiger partial charge in [0, 0.05) is 11.3 Å². The number of hydrogen-bond donors (Lipinski definition) is 1. The molecule has 6 heteroatoms. The minimum absolute atomic E-state index is 0.657. The van der Waals surface area contributed by atoms with E-state index in [2.05, 4.69) is 15.1 Å². The molecule has 4 rings (SSSR count). The molecule has 88 valence electrons. The molecule has 0 saturated carbocycles. The van der Waals surface area contributed by atoms with Crippen LogP contribution >= 0.6 is 0 Å². The first-order valence-electron chi connectivity index (χ1n) is 5.62. The van der Waals surface area contributed by atoms with E-state index in [0.29, 0.717) is 12.2 Å². The van der Waals surface area contributed by atoms with Gasteiger partial charge in [0.15, 0.2) is 5.82 Å². The van der Waals surface area contributed by atoms with E-state index in [9.17, 15) is 0 Å². The van der Waals surface area contributed by atoms with Gasteiger partial charge in [-0.25, -0.2) is 14.6 Å². The van der Waals surface area contributed by atoms with Crippen LogP contribution in [0.5, 0.6) is 0 Å². The summed E-state index contributed by atoms with van der Waals surface area (Å²) in [5, 5.41) is 4.25. The Kier molecular flexibility index (Phi) is 1.67. The molecule has 0 spiro atoms. The van der Waals surface area contributed by atoms with E-state index in [1.807, 2.05) is 33.6 Å². The molecule has 2 N–H and O–H groups in total. The van der Waals surface area contributed by atoms with E-state index < -0.39 is 0 Å². The minimum Gasteiger partial charge on any atom is -0.399 e. The number of nitrogen functional groups attached to an aromatic ring is 1. The Morgan fingerprint density at radius 3 is 3.17 bits per heavy atom. The van der Waals surface area contributed by atoms with E-state index in [1.54, 1.807) is 12.7 Å². The maximum atomic E-state index is 5.87. The number of benzene rings is 1. The predicted octanol–water partition coefficient (Wildman–Crippen LogP) is 1.07. The SMILES string of the molecule is Nc1ccc2c(c1)-c1ncnn1Cc1cncn1-2. The summed E-state index contributed by atoms with van der Waals surface area (Å²) in [6, 6.07) is 5.79. The van der Waals surface area contributed by atoms with Crippen molar-refractivity contribution in [2.75, 3.05) is 5.73 Å². The lowest BCUT2D eigenvalue weighted by atomic mass is 10.1. The Labute approximate surface area is 103 Å². The van der Waals surface area contributed by atoms with Crippen molar-refractivity contribution in [1.82, 2.24) is 24.3 Å². The van der Waals surface area contributed by atoms with Gasteiger partial charge >= 0.3 is 0 Å². The minimum atomic E-state index is 0.657. The van der Waals surface area contributed by atoms with Crippen LogP contribution < -0.4 is 5.73 Å². The van der Waals surface area contributed by atoms with E-state index in [1.165, 1.54) is 0 Å². The van der Waals surface area contributed by atoms with E-state index in [4.69, 9.17) is 5.73 Å². The highest BCUT2D eigenvalue weighted by Gasteiger charge is 2.20. The Bertz CT molecular complexity index is 739. The highest BCUT2D eigenvalue weighted by molar-refractivity contribution is 5.72. The summed E-state index contributed by atoms with van der Waals surface area (Å²) in [7, 11) is 0. The number of nitrogens with zero attached hydrogens (tertiary/aromatic N) is 5. The van der Waals surface area contributed by atoms with Gasteiger partial charge in [-0.3, -0.25) is 0 Å². The van der Waals surface area contributed by atoms with Crippen molar-refractivity contribution < 1.29 is 0 Å². The van der Waals surface area contributed by atoms with Crippen LogP contribution in [0.15, 0.2) is 37.1 Å². The maximum Gasteiger partial charge on any atom is 0.160 e. The average molecular weight is 238 g/mol. The average Bonchev–Trinajstić information content (AvgIpc) is 2.97. The van der Waals surface area contributed by atoms with Gasteiger partial charge in [-0.05, 0) is 18.2 Å². The zero-order chi connectivity index (χ0) is 12.1. The summed E-state index contributed by atoms with van der Waals surface area (Å²) in [6.07, 6.45) is 5.21. The Balaban J connectivity index is 2.13. The molecule has 1 aliphatic heterocycles. The van der Waals surface area contributed by atoms with Crippen LogP contribution in [0.4, 0.5) is 5.69 Å². The third-order valence-electron chi connectivity index (χ3n) is 3.16. The second kappa shape index (κ2) is 3.19. The summed E-state index contributed by atoms with van der Waals surface area (Å²) in [5.74, 6) is 0.834. The van der Waals surface area contributed by atoms with Gasteiger partial charge < -0.3 is 10.3 Å². The molecule has 0 saturated heterocycles. The fraction of sp³-hybridized carbons (Fsp3) is 0.0833. The number of aromatic nitrogens is 5. The predicted molar refractivity (Wildman–Crippen MR) is 66.1 cm³/mol. The number of imidazole rings is 1. The molecular weight excluding hydrogens is 228 g/mol. The second-order valence-electron chi connectivity index (χ2n) is 4.27. The molecule has 6 nitrogen and oxygen atoms in total. The molecule has 2 aromatic heterocycles. The standard InChI is InChI=1S/C12H10N6/c13-8-1-2-11-10(3-8)12-15-6-16-18(12)5-9-4-14-7-17(9)11/h1-4,6-7H,5,13H2. The third kappa shape index (κ3) is 1.14. The lowest BCUT2D eigenvalue weighted by Crippen LogP contribution is -2.03. The molecule has 1 aliphatic rings. The fourth-order valence-electron chi connectivity index (χ4n) is 2.34. The number of fused-ring (bicyclic) bond motifs is 5. The largest absolute Gasteiger partial charge is 0.399 e. The Morgan fingerprint density at radius 2 is 2.22 bits per heavy atom. The molecule has 1 aromatic carbocycles. The van der Waals surface area contributed by atoms with Crippen LogP contribution in [0.25, 0.3) is 17.1 Å². The molecule has 0 bridgehead atoms. The van der Waals surface area contributed by atoms with Crippen molar-refractivity contribution in [3.05, 3.63) is 42.7 Å². The fourth-order valence-corrected chi connectivity index (χ4v) is 2.34. The van der Waals surface area contributed by atoms with Gasteiger partial charge in [-0.2, -0.15) is 5.10 Å². The van der Waals surface area contributed by atoms with Crippen molar-refractivity contribution in [2.24, 2.45) is 0 Å². The van der Waals surface area contributed by atoms with Crippen molar-refractivity contribution in [2.45, 2.75) is 6.54 Å². The normalized spacial score (nSPS) is 12.4. The Hall–Kier alpha value is -2.63. The van der Waals surface area contributed by atoms with E-state index in [-0.39, 0.29) is 0 Å². The van der Waals surface area contributed by atoms with Crippen LogP contribution in [0, 0.1) is 0 Å². The molecule has 0 unspecified atom stereocenters. The van der Waals surface area contributed by atoms with Gasteiger partial charge in [-0.15, -0.1) is 0 Å². The first-order valence-corrected chi connectivity index (χ1v) is 5.62. The molecule has 0 radical (unpaired) electrons. The molecule has 3 heterocycles. The molecule has 18 heavy (non-hydrogen) atoms. The number of nitrogens with two attached hydrogens (primary N) is 1. The van der Waals surface area contributed by atoms with Crippen molar-refractivity contribution in [3.63, 3.8) is 0 Å². The lowest BCUT2D eigenvalue weighted by Gasteiger charge is -2.08. The summed E-state index contributed by atoms with van der Waals surface area (Å²) in [6.45, 7) is 0.657. The van der Waals surface area contributed by atoms with Crippen LogP contribution in [-0.4, -0.2) is 24.3 Å². The van der Waals surface area contributed by atoms with Gasteiger partial charge in [0.05, 0.1) is 30.5 Å². The summed E-state index contributed by atoms with van der Waals surface area (Å²) in [5.41, 5.74) is 9.67. The van der Waals surface area contributed by atoms with E-state index in [0.717, 1.165) is 22.8 Å². The zero-order valence-corrected chi connectivity index (χ0v) is 9.48. The molecule has 0 amide bonds. The monoisotopic (exact) mass is 238 g/mol. The van der Waals surface area contributed by atoms with Crippen molar-refractivity contribution >= 4 is 5.69 Å². The van der Waals surface area contributed by atoms with Crippen molar-refractivity contribution in [1.29, 1.82) is 0 Å². The quantitative estimate of drug-likeness (QED) is 0.465. The van der Waals surface area contributed by atoms with E-state index >= 15 is 0 Å². The lowest BCUT2D eigenvalue weighted by molar-refractivity contribution is 0.677. The van der Waals surface area contributed by atoms with Crippen LogP contribution in [0.1, 0.15) is 5.69 Å². The molecular formula is C12H10N6. The van der Waals surface area contributed by atoms with Crippen LogP contribution in [-0.2, 0) is 6.54 Å². The molecule has 0 fully saturated rings. The maximum absolute atomic E-state index is 5.87. The third-order valence-corrected chi connectivity index (χ3v) is 3.16. The topological polar surface area (TPSA) is 74.6 Å². The smallest absolute Gasteiger partial charge is 0.160 e. The summed E-state index contributed by atoms with van der Waals surface area (Å²) >= 11 is 0. The second-order valence-corrected chi connectivity index (χ2v) is 4.27. The highest BCUT2D eigenvalue weighted by Crippen LogP contribution is 2.31. The van der Waals surface area contributed by atoms with Gasteiger partial charge in [0.1, 0.15) is 6.33 Å². The number of rotatable bonds is 0. The highest BCUT2D eigenvalue weighted by atomic mass is 15.3. The first kappa shape index (κ1) is 9.41. The zero-order valence-electron chi connectivity index (χ0n) is 9.48. The number of hydrogen-bond acceptors (Lipinski definition) is 4. The molecule has 0 aliphatic carbocycles. The molecule has 0 atom stereocenters. The van der Waals surface area contributed by atoms with Crippen molar-refractivity contribution in [3.8, 4) is 17.1 Å². The van der Waals surface area contributed by atoms with Gasteiger partial charge in [0.2, 0.25) is 0 Å². The Morgan fingerprint density at radius 1 is 1.28 bits per heavy atom. The summed E-state index contributed by atoms with van der Waals surface area (Å²) in [4.78, 5) is 8.52.